The number of nitrogens with zero attached hydrogens (tertiary/aromatic N) is 3. The van der Waals surface area contributed by atoms with E-state index in [1.807, 2.05) is 40.1 Å². The third-order valence-electron chi connectivity index (χ3n) is 5.82. The summed E-state index contributed by atoms with van der Waals surface area (Å²) >= 11 is 6.50. The molecular weight excluding hydrogens is 456 g/mol. The van der Waals surface area contributed by atoms with Gasteiger partial charge < -0.3 is 24.7 Å². The van der Waals surface area contributed by atoms with Crippen LogP contribution in [-0.2, 0) is 11.2 Å². The molecule has 0 aliphatic carbocycles. The number of hydrogen-bond donors (Lipinski definition) is 1. The Kier molecular flexibility index (Phi) is 10.1. The Hall–Kier alpha value is -2.45. The molecule has 2 amide bonds. The first-order chi connectivity index (χ1) is 16.0. The third-order valence-corrected chi connectivity index (χ3v) is 6.25. The molecule has 0 radical (unpaired) electrons. The molecule has 0 bridgehead atoms. The van der Waals surface area contributed by atoms with Gasteiger partial charge in [0.05, 0.1) is 12.1 Å². The number of rotatable bonds is 9. The molecule has 0 spiro atoms. The number of hydrogen-bond acceptors (Lipinski definition) is 6. The highest BCUT2D eigenvalue weighted by molar-refractivity contribution is 6.33. The Morgan fingerprint density at radius 1 is 1.29 bits per heavy atom. The van der Waals surface area contributed by atoms with Gasteiger partial charge in [-0.2, -0.15) is 0 Å². The maximum absolute atomic E-state index is 12.3. The molecule has 8 nitrogen and oxygen atoms in total. The van der Waals surface area contributed by atoms with Crippen LogP contribution in [0.4, 0.5) is 4.79 Å². The van der Waals surface area contributed by atoms with Gasteiger partial charge in [-0.05, 0) is 64.2 Å². The molecule has 0 aromatic heterocycles. The van der Waals surface area contributed by atoms with Crippen molar-refractivity contribution in [2.24, 2.45) is 0 Å². The van der Waals surface area contributed by atoms with Crippen LogP contribution >= 0.6 is 11.6 Å². The summed E-state index contributed by atoms with van der Waals surface area (Å²) in [6.45, 7) is 11.7. The zero-order valence-electron chi connectivity index (χ0n) is 21.3. The second kappa shape index (κ2) is 12.3. The minimum atomic E-state index is -0.492. The first kappa shape index (κ1) is 27.8. The molecule has 9 heteroatoms. The average molecular weight is 495 g/mol. The normalized spacial score (nSPS) is 14.6. The maximum Gasteiger partial charge on any atom is 0.410 e. The van der Waals surface area contributed by atoms with E-state index in [-0.39, 0.29) is 18.0 Å². The van der Waals surface area contributed by atoms with E-state index in [0.717, 1.165) is 31.4 Å². The zero-order chi connectivity index (χ0) is 25.5. The second-order valence-electron chi connectivity index (χ2n) is 9.48. The monoisotopic (exact) mass is 494 g/mol. The standard InChI is InChI=1S/C25H39ClN4O4/c1-8-30(20-11-14-29(15-12-20)24(32)34-25(2,3)4)28(6)13-9-10-18-16-19(23(31)27-5)17-21(33-7)22(18)26/h8,16-17,20H,1,9-15H2,2-7H3,(H,27,31). The number of likely N-dealkylation sites (tertiary alicyclic amines) is 1. The Morgan fingerprint density at radius 3 is 2.47 bits per heavy atom. The number of aryl methyl sites for hydroxylation is 1. The average Bonchev–Trinajstić information content (AvgIpc) is 2.79. The van der Waals surface area contributed by atoms with E-state index in [1.165, 1.54) is 0 Å². The fourth-order valence-corrected chi connectivity index (χ4v) is 4.36. The number of hydrazine groups is 1. The first-order valence-electron chi connectivity index (χ1n) is 11.7. The Balaban J connectivity index is 1.93. The number of nitrogens with one attached hydrogen (secondary N) is 1. The Morgan fingerprint density at radius 2 is 1.94 bits per heavy atom. The van der Waals surface area contributed by atoms with Crippen LogP contribution in [-0.4, -0.2) is 79.4 Å². The van der Waals surface area contributed by atoms with E-state index in [4.69, 9.17) is 21.1 Å². The lowest BCUT2D eigenvalue weighted by Gasteiger charge is -2.42. The summed E-state index contributed by atoms with van der Waals surface area (Å²) in [5.74, 6) is 0.319. The van der Waals surface area contributed by atoms with Gasteiger partial charge in [0.1, 0.15) is 11.4 Å². The van der Waals surface area contributed by atoms with Gasteiger partial charge in [0.25, 0.3) is 5.91 Å². The summed E-state index contributed by atoms with van der Waals surface area (Å²) in [6, 6.07) is 3.74. The van der Waals surface area contributed by atoms with Gasteiger partial charge in [0, 0.05) is 51.5 Å². The molecule has 0 atom stereocenters. The predicted molar refractivity (Wildman–Crippen MR) is 135 cm³/mol. The van der Waals surface area contributed by atoms with Crippen molar-refractivity contribution in [1.82, 2.24) is 20.2 Å². The summed E-state index contributed by atoms with van der Waals surface area (Å²) in [6.07, 6.45) is 4.80. The van der Waals surface area contributed by atoms with E-state index >= 15 is 0 Å². The Bertz CT molecular complexity index is 863. The van der Waals surface area contributed by atoms with Gasteiger partial charge in [-0.25, -0.2) is 9.80 Å². The van der Waals surface area contributed by atoms with Crippen molar-refractivity contribution in [3.05, 3.63) is 41.1 Å². The second-order valence-corrected chi connectivity index (χ2v) is 9.85. The highest BCUT2D eigenvalue weighted by atomic mass is 35.5. The molecular formula is C25H39ClN4O4. The number of piperidine rings is 1. The molecule has 34 heavy (non-hydrogen) atoms. The molecule has 1 aromatic rings. The van der Waals surface area contributed by atoms with Crippen LogP contribution in [0, 0.1) is 0 Å². The van der Waals surface area contributed by atoms with Crippen molar-refractivity contribution in [3.8, 4) is 5.75 Å². The summed E-state index contributed by atoms with van der Waals surface area (Å²) in [5.41, 5.74) is 0.911. The molecule has 1 fully saturated rings. The quantitative estimate of drug-likeness (QED) is 0.515. The van der Waals surface area contributed by atoms with E-state index in [9.17, 15) is 9.59 Å². The van der Waals surface area contributed by atoms with E-state index < -0.39 is 5.60 Å². The zero-order valence-corrected chi connectivity index (χ0v) is 22.1. The largest absolute Gasteiger partial charge is 0.495 e. The molecule has 1 aliphatic heterocycles. The molecule has 2 rings (SSSR count). The van der Waals surface area contributed by atoms with Crippen LogP contribution < -0.4 is 10.1 Å². The topological polar surface area (TPSA) is 74.4 Å². The number of halogens is 1. The van der Waals surface area contributed by atoms with Gasteiger partial charge in [-0.1, -0.05) is 18.2 Å². The first-order valence-corrected chi connectivity index (χ1v) is 12.1. The summed E-state index contributed by atoms with van der Waals surface area (Å²) in [7, 11) is 5.17. The Labute approximate surface area is 208 Å². The minimum Gasteiger partial charge on any atom is -0.495 e. The van der Waals surface area contributed by atoms with Gasteiger partial charge in [-0.3, -0.25) is 4.79 Å². The van der Waals surface area contributed by atoms with E-state index in [0.29, 0.717) is 35.8 Å². The van der Waals surface area contributed by atoms with Gasteiger partial charge in [0.15, 0.2) is 0 Å². The van der Waals surface area contributed by atoms with Crippen molar-refractivity contribution in [2.75, 3.05) is 40.8 Å². The van der Waals surface area contributed by atoms with Gasteiger partial charge in [-0.15, -0.1) is 0 Å². The molecule has 1 saturated heterocycles. The lowest BCUT2D eigenvalue weighted by Crippen LogP contribution is -2.50. The van der Waals surface area contributed by atoms with Crippen molar-refractivity contribution < 1.29 is 19.1 Å². The van der Waals surface area contributed by atoms with E-state index in [1.54, 1.807) is 25.1 Å². The summed E-state index contributed by atoms with van der Waals surface area (Å²) < 4.78 is 10.9. The van der Waals surface area contributed by atoms with Crippen LogP contribution in [0.1, 0.15) is 56.0 Å². The molecule has 1 aromatic carbocycles. The van der Waals surface area contributed by atoms with Gasteiger partial charge >= 0.3 is 6.09 Å². The van der Waals surface area contributed by atoms with Gasteiger partial charge in [0.2, 0.25) is 0 Å². The lowest BCUT2D eigenvalue weighted by molar-refractivity contribution is -0.0231. The third kappa shape index (κ3) is 7.53. The maximum atomic E-state index is 12.3. The molecule has 1 heterocycles. The molecule has 0 unspecified atom stereocenters. The van der Waals surface area contributed by atoms with Crippen LogP contribution in [0.2, 0.25) is 5.02 Å². The smallest absolute Gasteiger partial charge is 0.410 e. The number of methoxy groups -OCH3 is 1. The fraction of sp³-hybridized carbons (Fsp3) is 0.600. The molecule has 0 saturated carbocycles. The fourth-order valence-electron chi connectivity index (χ4n) is 4.08. The van der Waals surface area contributed by atoms with Crippen molar-refractivity contribution in [1.29, 1.82) is 0 Å². The summed E-state index contributed by atoms with van der Waals surface area (Å²) in [5, 5.41) is 7.47. The number of ether oxygens (including phenoxy) is 2. The molecule has 1 aliphatic rings. The lowest BCUT2D eigenvalue weighted by atomic mass is 10.0. The highest BCUT2D eigenvalue weighted by Gasteiger charge is 2.29. The number of amides is 2. The van der Waals surface area contributed by atoms with Crippen molar-refractivity contribution in [2.45, 2.75) is 58.1 Å². The molecule has 190 valence electrons. The van der Waals surface area contributed by atoms with Crippen molar-refractivity contribution >= 4 is 23.6 Å². The van der Waals surface area contributed by atoms with Crippen LogP contribution in [0.25, 0.3) is 0 Å². The highest BCUT2D eigenvalue weighted by Crippen LogP contribution is 2.31. The van der Waals surface area contributed by atoms with Crippen LogP contribution in [0.5, 0.6) is 5.75 Å². The summed E-state index contributed by atoms with van der Waals surface area (Å²) in [4.78, 5) is 26.2. The van der Waals surface area contributed by atoms with Crippen LogP contribution in [0.15, 0.2) is 24.9 Å². The number of carbonyl (C=O) groups excluding carboxylic acids is 2. The van der Waals surface area contributed by atoms with Crippen LogP contribution in [0.3, 0.4) is 0 Å². The molecule has 1 N–H and O–H groups in total. The van der Waals surface area contributed by atoms with Crippen molar-refractivity contribution in [3.63, 3.8) is 0 Å². The number of benzene rings is 1. The SMILES string of the molecule is C=CN(C1CCN(C(=O)OC(C)(C)C)CC1)N(C)CCCc1cc(C(=O)NC)cc(OC)c1Cl. The number of carbonyl (C=O) groups is 2. The minimum absolute atomic E-state index is 0.177. The van der Waals surface area contributed by atoms with E-state index in [2.05, 4.69) is 21.9 Å². The predicted octanol–water partition coefficient (Wildman–Crippen LogP) is 4.33.